The summed E-state index contributed by atoms with van der Waals surface area (Å²) in [6, 6.07) is 9.25. The zero-order valence-corrected chi connectivity index (χ0v) is 25.2. The van der Waals surface area contributed by atoms with Gasteiger partial charge in [0.1, 0.15) is 5.82 Å². The maximum Gasteiger partial charge on any atom is 0.416 e. The molecule has 0 atom stereocenters. The first-order chi connectivity index (χ1) is 20.9. The van der Waals surface area contributed by atoms with Gasteiger partial charge in [-0.1, -0.05) is 12.1 Å². The lowest BCUT2D eigenvalue weighted by atomic mass is 10.1. The van der Waals surface area contributed by atoms with Crippen LogP contribution in [0.1, 0.15) is 23.1 Å². The summed E-state index contributed by atoms with van der Waals surface area (Å²) >= 11 is 0. The van der Waals surface area contributed by atoms with Crippen molar-refractivity contribution in [1.29, 1.82) is 0 Å². The molecule has 238 valence electrons. The molecule has 2 aromatic carbocycles. The van der Waals surface area contributed by atoms with Crippen molar-refractivity contribution in [2.75, 3.05) is 56.6 Å². The number of aromatic nitrogens is 2. The molecular weight excluding hydrogens is 623 g/mol. The summed E-state index contributed by atoms with van der Waals surface area (Å²) in [6.07, 6.45) is -2.67. The van der Waals surface area contributed by atoms with E-state index in [9.17, 15) is 30.0 Å². The van der Waals surface area contributed by atoms with Crippen molar-refractivity contribution >= 4 is 37.5 Å². The van der Waals surface area contributed by atoms with Crippen molar-refractivity contribution in [2.45, 2.75) is 35.4 Å². The molecule has 1 saturated heterocycles. The fourth-order valence-corrected chi connectivity index (χ4v) is 6.96. The molecular formula is C27H32F3N7O5S2. The Kier molecular flexibility index (Phi) is 9.71. The van der Waals surface area contributed by atoms with Gasteiger partial charge in [0.25, 0.3) is 0 Å². The van der Waals surface area contributed by atoms with E-state index in [1.54, 1.807) is 12.1 Å². The predicted molar refractivity (Wildman–Crippen MR) is 156 cm³/mol. The number of ether oxygens (including phenoxy) is 1. The Balaban J connectivity index is 1.29. The van der Waals surface area contributed by atoms with Crippen LogP contribution in [0, 0.1) is 0 Å². The number of nitrogens with zero attached hydrogens (tertiary/aromatic N) is 3. The Morgan fingerprint density at radius 2 is 1.84 bits per heavy atom. The van der Waals surface area contributed by atoms with Crippen molar-refractivity contribution in [2.24, 2.45) is 0 Å². The molecule has 0 saturated carbocycles. The molecule has 1 aromatic heterocycles. The number of morpholine rings is 1. The molecule has 2 aliphatic rings. The SMILES string of the molecule is O=S1(=O)NCCCNc2nc(ncc2CCNS(=O)(=O)c2ccc(CN3CCOCC3)c(C(F)(F)F)c2)Nc2cccc1c2. The van der Waals surface area contributed by atoms with Gasteiger partial charge in [-0.25, -0.2) is 31.3 Å². The van der Waals surface area contributed by atoms with Crippen molar-refractivity contribution in [3.8, 4) is 0 Å². The van der Waals surface area contributed by atoms with E-state index in [0.29, 0.717) is 62.4 Å². The Labute approximate surface area is 253 Å². The number of benzene rings is 2. The third-order valence-electron chi connectivity index (χ3n) is 7.08. The van der Waals surface area contributed by atoms with Crippen molar-refractivity contribution in [3.05, 3.63) is 65.4 Å². The van der Waals surface area contributed by atoms with Gasteiger partial charge in [-0.3, -0.25) is 4.90 Å². The number of nitrogens with one attached hydrogen (secondary N) is 4. The second kappa shape index (κ2) is 13.3. The second-order valence-corrected chi connectivity index (χ2v) is 13.8. The molecule has 4 N–H and O–H groups in total. The molecule has 1 fully saturated rings. The Morgan fingerprint density at radius 1 is 1.05 bits per heavy atom. The number of alkyl halides is 3. The smallest absolute Gasteiger partial charge is 0.379 e. The van der Waals surface area contributed by atoms with Gasteiger partial charge in [0.15, 0.2) is 0 Å². The zero-order chi connectivity index (χ0) is 31.4. The maximum absolute atomic E-state index is 13.9. The molecule has 2 aliphatic heterocycles. The molecule has 0 aliphatic carbocycles. The number of sulfonamides is 2. The summed E-state index contributed by atoms with van der Waals surface area (Å²) in [7, 11) is -7.98. The molecule has 44 heavy (non-hydrogen) atoms. The van der Waals surface area contributed by atoms with Crippen LogP contribution in [-0.4, -0.2) is 77.6 Å². The highest BCUT2D eigenvalue weighted by Gasteiger charge is 2.35. The van der Waals surface area contributed by atoms with Crippen molar-refractivity contribution in [3.63, 3.8) is 0 Å². The van der Waals surface area contributed by atoms with E-state index < -0.39 is 36.7 Å². The van der Waals surface area contributed by atoms with E-state index in [2.05, 4.69) is 30.0 Å². The van der Waals surface area contributed by atoms with Crippen LogP contribution in [0.4, 0.5) is 30.6 Å². The van der Waals surface area contributed by atoms with Crippen LogP contribution in [0.3, 0.4) is 0 Å². The summed E-state index contributed by atoms with van der Waals surface area (Å²) in [6.45, 7) is 2.25. The molecule has 0 amide bonds. The van der Waals surface area contributed by atoms with Crippen molar-refractivity contribution < 1.29 is 34.7 Å². The number of rotatable bonds is 7. The highest BCUT2D eigenvalue weighted by molar-refractivity contribution is 7.89. The minimum Gasteiger partial charge on any atom is -0.379 e. The number of halogens is 3. The number of fused-ring (bicyclic) bond motifs is 4. The third kappa shape index (κ3) is 8.02. The van der Waals surface area contributed by atoms with Crippen LogP contribution in [-0.2, 0) is 43.9 Å². The Bertz CT molecular complexity index is 1700. The summed E-state index contributed by atoms with van der Waals surface area (Å²) < 4.78 is 103. The highest BCUT2D eigenvalue weighted by atomic mass is 32.2. The lowest BCUT2D eigenvalue weighted by molar-refractivity contribution is -0.138. The molecule has 5 rings (SSSR count). The first-order valence-electron chi connectivity index (χ1n) is 13.9. The van der Waals surface area contributed by atoms with E-state index in [0.717, 1.165) is 0 Å². The molecule has 0 radical (unpaired) electrons. The lowest BCUT2D eigenvalue weighted by Crippen LogP contribution is -2.36. The summed E-state index contributed by atoms with van der Waals surface area (Å²) in [5.74, 6) is 0.599. The first kappa shape index (κ1) is 32.1. The van der Waals surface area contributed by atoms with Crippen molar-refractivity contribution in [1.82, 2.24) is 24.3 Å². The monoisotopic (exact) mass is 655 g/mol. The molecule has 17 heteroatoms. The first-order valence-corrected chi connectivity index (χ1v) is 16.8. The van der Waals surface area contributed by atoms with Gasteiger partial charge in [0, 0.05) is 56.7 Å². The molecule has 12 nitrogen and oxygen atoms in total. The van der Waals surface area contributed by atoms with Gasteiger partial charge in [0.05, 0.1) is 28.6 Å². The predicted octanol–water partition coefficient (Wildman–Crippen LogP) is 2.69. The summed E-state index contributed by atoms with van der Waals surface area (Å²) in [5.41, 5.74) is 0.00787. The Morgan fingerprint density at radius 3 is 2.61 bits per heavy atom. The third-order valence-corrected chi connectivity index (χ3v) is 10.0. The minimum absolute atomic E-state index is 0.00481. The largest absolute Gasteiger partial charge is 0.416 e. The van der Waals surface area contributed by atoms with E-state index in [1.165, 1.54) is 30.5 Å². The normalized spacial score (nSPS) is 17.8. The molecule has 0 spiro atoms. The van der Waals surface area contributed by atoms with E-state index in [4.69, 9.17) is 4.74 Å². The second-order valence-electron chi connectivity index (χ2n) is 10.3. The van der Waals surface area contributed by atoms with Crippen LogP contribution in [0.25, 0.3) is 0 Å². The quantitative estimate of drug-likeness (QED) is 0.299. The molecule has 3 heterocycles. The maximum atomic E-state index is 13.9. The summed E-state index contributed by atoms with van der Waals surface area (Å²) in [5, 5.41) is 6.10. The lowest BCUT2D eigenvalue weighted by Gasteiger charge is -2.27. The van der Waals surface area contributed by atoms with Crippen LogP contribution in [0.15, 0.2) is 58.5 Å². The number of anilines is 3. The zero-order valence-electron chi connectivity index (χ0n) is 23.5. The standard InChI is InChI=1S/C27H32F3N7O5S2/c28-27(29,30)24-16-23(6-5-20(24)18-37-11-13-42-14-12-37)44(40,41)34-10-7-19-17-32-26-35-21-3-1-4-22(15-21)43(38,39)33-9-2-8-31-25(19)36-26/h1,3-6,15-17,33-34H,2,7-14,18H2,(H2,31,32,35,36). The van der Waals surface area contributed by atoms with Crippen LogP contribution >= 0.6 is 0 Å². The van der Waals surface area contributed by atoms with Gasteiger partial charge >= 0.3 is 6.18 Å². The number of hydrogen-bond acceptors (Lipinski definition) is 10. The molecule has 4 bridgehead atoms. The van der Waals surface area contributed by atoms with Gasteiger partial charge in [-0.05, 0) is 48.7 Å². The fourth-order valence-electron chi connectivity index (χ4n) is 4.79. The average molecular weight is 656 g/mol. The van der Waals surface area contributed by atoms with Crippen LogP contribution < -0.4 is 20.1 Å². The van der Waals surface area contributed by atoms with E-state index >= 15 is 0 Å². The summed E-state index contributed by atoms with van der Waals surface area (Å²) in [4.78, 5) is 10.2. The van der Waals surface area contributed by atoms with Gasteiger partial charge in [-0.15, -0.1) is 0 Å². The van der Waals surface area contributed by atoms with E-state index in [-0.39, 0.29) is 42.5 Å². The average Bonchev–Trinajstić information content (AvgIpc) is 2.98. The van der Waals surface area contributed by atoms with Gasteiger partial charge in [0.2, 0.25) is 26.0 Å². The Hall–Kier alpha value is -3.35. The van der Waals surface area contributed by atoms with Crippen LogP contribution in [0.5, 0.6) is 0 Å². The molecule has 3 aromatic rings. The fraction of sp³-hybridized carbons (Fsp3) is 0.407. The minimum atomic E-state index is -4.73. The molecule has 0 unspecified atom stereocenters. The van der Waals surface area contributed by atoms with Gasteiger partial charge < -0.3 is 15.4 Å². The topological polar surface area (TPSA) is 155 Å². The highest BCUT2D eigenvalue weighted by Crippen LogP contribution is 2.34. The van der Waals surface area contributed by atoms with Gasteiger partial charge in [-0.2, -0.15) is 18.2 Å². The van der Waals surface area contributed by atoms with E-state index in [1.807, 2.05) is 4.90 Å². The number of hydrogen-bond donors (Lipinski definition) is 4. The van der Waals surface area contributed by atoms with Crippen LogP contribution in [0.2, 0.25) is 0 Å².